The van der Waals surface area contributed by atoms with E-state index >= 15 is 0 Å². The fourth-order valence-electron chi connectivity index (χ4n) is 2.83. The zero-order valence-corrected chi connectivity index (χ0v) is 11.7. The molecule has 0 amide bonds. The highest BCUT2D eigenvalue weighted by Crippen LogP contribution is 2.26. The molecule has 1 aliphatic rings. The largest absolute Gasteiger partial charge is 0.328 e. The second kappa shape index (κ2) is 6.32. The first-order valence-electron chi connectivity index (χ1n) is 7.35. The van der Waals surface area contributed by atoms with Gasteiger partial charge in [0.2, 0.25) is 0 Å². The van der Waals surface area contributed by atoms with E-state index in [-0.39, 0.29) is 0 Å². The monoisotopic (exact) mass is 250 g/mol. The lowest BCUT2D eigenvalue weighted by molar-refractivity contribution is 0.317. The van der Waals surface area contributed by atoms with Gasteiger partial charge in [-0.2, -0.15) is 0 Å². The minimum Gasteiger partial charge on any atom is -0.328 e. The van der Waals surface area contributed by atoms with Gasteiger partial charge in [-0.15, -0.1) is 10.2 Å². The summed E-state index contributed by atoms with van der Waals surface area (Å²) in [6.45, 7) is 5.35. The van der Waals surface area contributed by atoms with Gasteiger partial charge in [-0.3, -0.25) is 0 Å². The maximum Gasteiger partial charge on any atom is 0.133 e. The Morgan fingerprint density at radius 1 is 1.22 bits per heavy atom. The summed E-state index contributed by atoms with van der Waals surface area (Å²) in [5.41, 5.74) is 5.96. The Balaban J connectivity index is 1.96. The van der Waals surface area contributed by atoms with Gasteiger partial charge in [-0.25, -0.2) is 0 Å². The van der Waals surface area contributed by atoms with Crippen LogP contribution in [0.1, 0.15) is 57.1 Å². The standard InChI is InChI=1S/C14H26N4/c1-3-4-9-18-11(2)16-17-14(18)10-12-5-7-13(15)8-6-12/h12-13H,3-10,15H2,1-2H3. The Hall–Kier alpha value is -0.900. The summed E-state index contributed by atoms with van der Waals surface area (Å²) in [7, 11) is 0. The van der Waals surface area contributed by atoms with Crippen LogP contribution in [-0.4, -0.2) is 20.8 Å². The molecule has 1 saturated carbocycles. The van der Waals surface area contributed by atoms with E-state index < -0.39 is 0 Å². The zero-order valence-electron chi connectivity index (χ0n) is 11.7. The van der Waals surface area contributed by atoms with Crippen LogP contribution in [0.5, 0.6) is 0 Å². The van der Waals surface area contributed by atoms with Crippen molar-refractivity contribution in [3.63, 3.8) is 0 Å². The lowest BCUT2D eigenvalue weighted by atomic mass is 9.84. The smallest absolute Gasteiger partial charge is 0.133 e. The van der Waals surface area contributed by atoms with Crippen LogP contribution in [0.25, 0.3) is 0 Å². The maximum absolute atomic E-state index is 5.96. The van der Waals surface area contributed by atoms with Gasteiger partial charge in [0.05, 0.1) is 0 Å². The molecule has 0 spiro atoms. The normalized spacial score (nSPS) is 24.4. The molecule has 0 aliphatic heterocycles. The summed E-state index contributed by atoms with van der Waals surface area (Å²) in [5.74, 6) is 3.00. The molecule has 102 valence electrons. The second-order valence-corrected chi connectivity index (χ2v) is 5.65. The highest BCUT2D eigenvalue weighted by molar-refractivity contribution is 4.96. The summed E-state index contributed by atoms with van der Waals surface area (Å²) >= 11 is 0. The van der Waals surface area contributed by atoms with E-state index in [0.29, 0.717) is 6.04 Å². The Morgan fingerprint density at radius 2 is 1.94 bits per heavy atom. The molecule has 0 radical (unpaired) electrons. The van der Waals surface area contributed by atoms with Crippen molar-refractivity contribution in [2.24, 2.45) is 11.7 Å². The highest BCUT2D eigenvalue weighted by atomic mass is 15.3. The minimum absolute atomic E-state index is 0.431. The van der Waals surface area contributed by atoms with E-state index in [2.05, 4.69) is 28.6 Å². The maximum atomic E-state index is 5.96. The molecule has 1 fully saturated rings. The molecular formula is C14H26N4. The molecule has 0 aromatic carbocycles. The zero-order chi connectivity index (χ0) is 13.0. The van der Waals surface area contributed by atoms with Crippen molar-refractivity contribution in [3.05, 3.63) is 11.6 Å². The first kappa shape index (κ1) is 13.5. The molecule has 2 rings (SSSR count). The molecule has 0 saturated heterocycles. The van der Waals surface area contributed by atoms with Crippen molar-refractivity contribution in [2.45, 2.75) is 71.4 Å². The number of hydrogen-bond donors (Lipinski definition) is 1. The molecule has 0 atom stereocenters. The average molecular weight is 250 g/mol. The molecule has 1 aromatic rings. The third-order valence-corrected chi connectivity index (χ3v) is 4.11. The first-order valence-corrected chi connectivity index (χ1v) is 7.35. The highest BCUT2D eigenvalue weighted by Gasteiger charge is 2.21. The predicted molar refractivity (Wildman–Crippen MR) is 73.3 cm³/mol. The Morgan fingerprint density at radius 3 is 2.61 bits per heavy atom. The van der Waals surface area contributed by atoms with Crippen molar-refractivity contribution < 1.29 is 0 Å². The number of aryl methyl sites for hydroxylation is 1. The van der Waals surface area contributed by atoms with E-state index in [9.17, 15) is 0 Å². The summed E-state index contributed by atoms with van der Waals surface area (Å²) in [6.07, 6.45) is 8.36. The minimum atomic E-state index is 0.431. The summed E-state index contributed by atoms with van der Waals surface area (Å²) in [6, 6.07) is 0.431. The van der Waals surface area contributed by atoms with Crippen molar-refractivity contribution >= 4 is 0 Å². The molecular weight excluding hydrogens is 224 g/mol. The van der Waals surface area contributed by atoms with E-state index in [0.717, 1.165) is 24.7 Å². The van der Waals surface area contributed by atoms with Gasteiger partial charge in [0.25, 0.3) is 0 Å². The quantitative estimate of drug-likeness (QED) is 0.873. The van der Waals surface area contributed by atoms with Crippen LogP contribution in [-0.2, 0) is 13.0 Å². The van der Waals surface area contributed by atoms with Gasteiger partial charge in [-0.1, -0.05) is 13.3 Å². The average Bonchev–Trinajstić information content (AvgIpc) is 2.71. The molecule has 4 nitrogen and oxygen atoms in total. The fourth-order valence-corrected chi connectivity index (χ4v) is 2.83. The van der Waals surface area contributed by atoms with Gasteiger partial charge in [0.1, 0.15) is 11.6 Å². The van der Waals surface area contributed by atoms with Crippen LogP contribution in [0.4, 0.5) is 0 Å². The Bertz CT molecular complexity index is 364. The van der Waals surface area contributed by atoms with E-state index in [1.165, 1.54) is 44.3 Å². The molecule has 0 bridgehead atoms. The lowest BCUT2D eigenvalue weighted by Gasteiger charge is -2.25. The van der Waals surface area contributed by atoms with Crippen LogP contribution in [0.3, 0.4) is 0 Å². The molecule has 1 aliphatic carbocycles. The molecule has 4 heteroatoms. The lowest BCUT2D eigenvalue weighted by Crippen LogP contribution is -2.27. The second-order valence-electron chi connectivity index (χ2n) is 5.65. The summed E-state index contributed by atoms with van der Waals surface area (Å²) < 4.78 is 2.30. The number of hydrogen-bond acceptors (Lipinski definition) is 3. The van der Waals surface area contributed by atoms with Crippen molar-refractivity contribution in [1.29, 1.82) is 0 Å². The molecule has 2 N–H and O–H groups in total. The Kier molecular flexibility index (Phi) is 4.75. The predicted octanol–water partition coefficient (Wildman–Crippen LogP) is 2.45. The van der Waals surface area contributed by atoms with Crippen LogP contribution in [0.2, 0.25) is 0 Å². The Labute approximate surface area is 110 Å². The SMILES string of the molecule is CCCCn1c(C)nnc1CC1CCC(N)CC1. The molecule has 1 heterocycles. The number of unbranched alkanes of at least 4 members (excludes halogenated alkanes) is 1. The first-order chi connectivity index (χ1) is 8.70. The van der Waals surface area contributed by atoms with Gasteiger partial charge < -0.3 is 10.3 Å². The molecule has 0 unspecified atom stereocenters. The van der Waals surface area contributed by atoms with Gasteiger partial charge in [0, 0.05) is 19.0 Å². The third kappa shape index (κ3) is 3.31. The van der Waals surface area contributed by atoms with Crippen LogP contribution in [0, 0.1) is 12.8 Å². The van der Waals surface area contributed by atoms with Gasteiger partial charge in [0.15, 0.2) is 0 Å². The third-order valence-electron chi connectivity index (χ3n) is 4.11. The van der Waals surface area contributed by atoms with Crippen molar-refractivity contribution in [2.75, 3.05) is 0 Å². The number of nitrogens with zero attached hydrogens (tertiary/aromatic N) is 3. The number of nitrogens with two attached hydrogens (primary N) is 1. The summed E-state index contributed by atoms with van der Waals surface area (Å²) in [5, 5.41) is 8.60. The van der Waals surface area contributed by atoms with Gasteiger partial charge in [-0.05, 0) is 44.9 Å². The van der Waals surface area contributed by atoms with E-state index in [1.807, 2.05) is 0 Å². The number of rotatable bonds is 5. The summed E-state index contributed by atoms with van der Waals surface area (Å²) in [4.78, 5) is 0. The molecule has 18 heavy (non-hydrogen) atoms. The van der Waals surface area contributed by atoms with Crippen molar-refractivity contribution in [3.8, 4) is 0 Å². The van der Waals surface area contributed by atoms with Crippen molar-refractivity contribution in [1.82, 2.24) is 14.8 Å². The van der Waals surface area contributed by atoms with Gasteiger partial charge >= 0.3 is 0 Å². The van der Waals surface area contributed by atoms with E-state index in [4.69, 9.17) is 5.73 Å². The molecule has 1 aromatic heterocycles. The van der Waals surface area contributed by atoms with Crippen LogP contribution in [0.15, 0.2) is 0 Å². The fraction of sp³-hybridized carbons (Fsp3) is 0.857. The van der Waals surface area contributed by atoms with E-state index in [1.54, 1.807) is 0 Å². The topological polar surface area (TPSA) is 56.7 Å². The number of aromatic nitrogens is 3. The van der Waals surface area contributed by atoms with Crippen LogP contribution < -0.4 is 5.73 Å². The van der Waals surface area contributed by atoms with Crippen LogP contribution >= 0.6 is 0 Å².